The Kier molecular flexibility index (Phi) is 3.16. The standard InChI is InChI=1S/C11H8F2N2O4/c12-8(13)4-15-7-2-1-5(11(18)19)3-6(7)14-9(16)10(15)17/h1-3,8H,4H2,(H,14,16)(H,18,19). The fourth-order valence-corrected chi connectivity index (χ4v) is 1.73. The first-order chi connectivity index (χ1) is 8.90. The second kappa shape index (κ2) is 4.63. The molecule has 1 heterocycles. The molecule has 0 aliphatic heterocycles. The monoisotopic (exact) mass is 270 g/mol. The normalized spacial score (nSPS) is 11.1. The summed E-state index contributed by atoms with van der Waals surface area (Å²) in [6.45, 7) is -0.925. The minimum Gasteiger partial charge on any atom is -0.478 e. The van der Waals surface area contributed by atoms with Crippen LogP contribution >= 0.6 is 0 Å². The van der Waals surface area contributed by atoms with Crippen LogP contribution in [0.15, 0.2) is 27.8 Å². The highest BCUT2D eigenvalue weighted by Gasteiger charge is 2.13. The van der Waals surface area contributed by atoms with Gasteiger partial charge in [-0.05, 0) is 18.2 Å². The van der Waals surface area contributed by atoms with Crippen molar-refractivity contribution in [2.45, 2.75) is 13.0 Å². The third-order valence-corrected chi connectivity index (χ3v) is 2.54. The summed E-state index contributed by atoms with van der Waals surface area (Å²) in [4.78, 5) is 35.8. The molecule has 0 fully saturated rings. The number of benzene rings is 1. The molecule has 8 heteroatoms. The van der Waals surface area contributed by atoms with Crippen molar-refractivity contribution in [2.24, 2.45) is 0 Å². The van der Waals surface area contributed by atoms with Crippen molar-refractivity contribution in [1.82, 2.24) is 9.55 Å². The number of carboxylic acids is 1. The SMILES string of the molecule is O=C(O)c1ccc2c(c1)[nH]c(=O)c(=O)n2CC(F)F. The maximum Gasteiger partial charge on any atom is 0.335 e. The summed E-state index contributed by atoms with van der Waals surface area (Å²) >= 11 is 0. The van der Waals surface area contributed by atoms with Gasteiger partial charge in [0.1, 0.15) is 0 Å². The lowest BCUT2D eigenvalue weighted by atomic mass is 10.2. The Hall–Kier alpha value is -2.51. The van der Waals surface area contributed by atoms with E-state index in [0.29, 0.717) is 4.57 Å². The molecule has 19 heavy (non-hydrogen) atoms. The minimum absolute atomic E-state index is 0.0187. The van der Waals surface area contributed by atoms with Crippen LogP contribution in [-0.4, -0.2) is 27.1 Å². The number of halogens is 2. The fraction of sp³-hybridized carbons (Fsp3) is 0.182. The zero-order chi connectivity index (χ0) is 14.2. The number of aromatic amines is 1. The molecular formula is C11H8F2N2O4. The molecule has 1 aromatic heterocycles. The Balaban J connectivity index is 2.79. The first-order valence-electron chi connectivity index (χ1n) is 5.18. The molecule has 100 valence electrons. The quantitative estimate of drug-likeness (QED) is 0.801. The number of carboxylic acid groups (broad SMARTS) is 1. The van der Waals surface area contributed by atoms with E-state index in [1.54, 1.807) is 0 Å². The molecule has 2 aromatic rings. The molecular weight excluding hydrogens is 262 g/mol. The number of nitrogens with zero attached hydrogens (tertiary/aromatic N) is 1. The van der Waals surface area contributed by atoms with Crippen molar-refractivity contribution in [3.05, 3.63) is 44.5 Å². The lowest BCUT2D eigenvalue weighted by Crippen LogP contribution is -2.37. The van der Waals surface area contributed by atoms with Crippen molar-refractivity contribution < 1.29 is 18.7 Å². The topological polar surface area (TPSA) is 92.2 Å². The predicted molar refractivity (Wildman–Crippen MR) is 61.8 cm³/mol. The average Bonchev–Trinajstić information content (AvgIpc) is 2.33. The summed E-state index contributed by atoms with van der Waals surface area (Å²) in [5, 5.41) is 8.80. The number of aromatic carboxylic acids is 1. The van der Waals surface area contributed by atoms with Gasteiger partial charge in [-0.3, -0.25) is 14.2 Å². The molecule has 2 rings (SSSR count). The molecule has 0 amide bonds. The highest BCUT2D eigenvalue weighted by atomic mass is 19.3. The van der Waals surface area contributed by atoms with Gasteiger partial charge >= 0.3 is 17.1 Å². The molecule has 2 N–H and O–H groups in total. The number of H-pyrrole nitrogens is 1. The molecule has 1 aromatic carbocycles. The number of alkyl halides is 2. The maximum absolute atomic E-state index is 12.4. The van der Waals surface area contributed by atoms with Crippen LogP contribution in [0.5, 0.6) is 0 Å². The zero-order valence-electron chi connectivity index (χ0n) is 9.39. The van der Waals surface area contributed by atoms with Crippen LogP contribution in [0, 0.1) is 0 Å². The number of hydrogen-bond donors (Lipinski definition) is 2. The van der Waals surface area contributed by atoms with Gasteiger partial charge in [0.05, 0.1) is 23.1 Å². The maximum atomic E-state index is 12.4. The summed E-state index contributed by atoms with van der Waals surface area (Å²) in [6.07, 6.45) is -2.80. The van der Waals surface area contributed by atoms with E-state index in [-0.39, 0.29) is 16.6 Å². The van der Waals surface area contributed by atoms with E-state index in [1.807, 2.05) is 0 Å². The Morgan fingerprint density at radius 1 is 1.37 bits per heavy atom. The Morgan fingerprint density at radius 3 is 2.63 bits per heavy atom. The molecule has 0 saturated carbocycles. The van der Waals surface area contributed by atoms with E-state index in [1.165, 1.54) is 12.1 Å². The van der Waals surface area contributed by atoms with Crippen LogP contribution in [-0.2, 0) is 6.54 Å². The summed E-state index contributed by atoms with van der Waals surface area (Å²) in [7, 11) is 0. The molecule has 0 radical (unpaired) electrons. The van der Waals surface area contributed by atoms with Gasteiger partial charge in [-0.1, -0.05) is 0 Å². The zero-order valence-corrected chi connectivity index (χ0v) is 9.39. The lowest BCUT2D eigenvalue weighted by Gasteiger charge is -2.09. The van der Waals surface area contributed by atoms with Crippen LogP contribution in [0.2, 0.25) is 0 Å². The largest absolute Gasteiger partial charge is 0.478 e. The molecule has 0 atom stereocenters. The van der Waals surface area contributed by atoms with Gasteiger partial charge in [-0.15, -0.1) is 0 Å². The Bertz CT molecular complexity index is 763. The second-order valence-corrected chi connectivity index (χ2v) is 3.80. The lowest BCUT2D eigenvalue weighted by molar-refractivity contribution is 0.0697. The van der Waals surface area contributed by atoms with Crippen LogP contribution in [0.4, 0.5) is 8.78 Å². The molecule has 0 spiro atoms. The van der Waals surface area contributed by atoms with E-state index < -0.39 is 30.1 Å². The number of aromatic nitrogens is 2. The van der Waals surface area contributed by atoms with E-state index in [9.17, 15) is 23.2 Å². The van der Waals surface area contributed by atoms with Crippen molar-refractivity contribution in [3.8, 4) is 0 Å². The highest BCUT2D eigenvalue weighted by Crippen LogP contribution is 2.12. The number of fused-ring (bicyclic) bond motifs is 1. The molecule has 0 bridgehead atoms. The van der Waals surface area contributed by atoms with Crippen molar-refractivity contribution >= 4 is 17.0 Å². The summed E-state index contributed by atoms with van der Waals surface area (Å²) in [5.74, 6) is -1.23. The summed E-state index contributed by atoms with van der Waals surface area (Å²) < 4.78 is 25.4. The van der Waals surface area contributed by atoms with Gasteiger partial charge in [0.25, 0.3) is 6.43 Å². The molecule has 0 aliphatic carbocycles. The van der Waals surface area contributed by atoms with Crippen LogP contribution < -0.4 is 11.1 Å². The number of hydrogen-bond acceptors (Lipinski definition) is 3. The Labute approximate surface area is 103 Å². The number of carbonyl (C=O) groups is 1. The van der Waals surface area contributed by atoms with E-state index in [2.05, 4.69) is 4.98 Å². The minimum atomic E-state index is -2.80. The molecule has 6 nitrogen and oxygen atoms in total. The fourth-order valence-electron chi connectivity index (χ4n) is 1.73. The van der Waals surface area contributed by atoms with E-state index >= 15 is 0 Å². The van der Waals surface area contributed by atoms with E-state index in [4.69, 9.17) is 5.11 Å². The van der Waals surface area contributed by atoms with Gasteiger partial charge in [0.15, 0.2) is 0 Å². The van der Waals surface area contributed by atoms with Gasteiger partial charge in [0.2, 0.25) is 0 Å². The van der Waals surface area contributed by atoms with Gasteiger partial charge in [-0.2, -0.15) is 0 Å². The Morgan fingerprint density at radius 2 is 2.05 bits per heavy atom. The van der Waals surface area contributed by atoms with Gasteiger partial charge in [0, 0.05) is 0 Å². The van der Waals surface area contributed by atoms with Crippen LogP contribution in [0.25, 0.3) is 11.0 Å². The molecule has 0 saturated heterocycles. The van der Waals surface area contributed by atoms with Crippen LogP contribution in [0.3, 0.4) is 0 Å². The first-order valence-corrected chi connectivity index (χ1v) is 5.18. The smallest absolute Gasteiger partial charge is 0.335 e. The predicted octanol–water partition coefficient (Wildman–Crippen LogP) is 0.653. The molecule has 0 aliphatic rings. The van der Waals surface area contributed by atoms with Gasteiger partial charge in [-0.25, -0.2) is 13.6 Å². The van der Waals surface area contributed by atoms with Crippen LogP contribution in [0.1, 0.15) is 10.4 Å². The van der Waals surface area contributed by atoms with Crippen molar-refractivity contribution in [3.63, 3.8) is 0 Å². The average molecular weight is 270 g/mol. The third-order valence-electron chi connectivity index (χ3n) is 2.54. The number of nitrogens with one attached hydrogen (secondary N) is 1. The highest BCUT2D eigenvalue weighted by molar-refractivity contribution is 5.92. The van der Waals surface area contributed by atoms with Gasteiger partial charge < -0.3 is 10.1 Å². The first kappa shape index (κ1) is 12.9. The third kappa shape index (κ3) is 2.37. The van der Waals surface area contributed by atoms with E-state index in [0.717, 1.165) is 6.07 Å². The molecule has 0 unspecified atom stereocenters. The summed E-state index contributed by atoms with van der Waals surface area (Å²) in [5.41, 5.74) is -2.22. The van der Waals surface area contributed by atoms with Crippen molar-refractivity contribution in [1.29, 1.82) is 0 Å². The number of rotatable bonds is 3. The summed E-state index contributed by atoms with van der Waals surface area (Å²) in [6, 6.07) is 3.49. The second-order valence-electron chi connectivity index (χ2n) is 3.80. The van der Waals surface area contributed by atoms with Crippen molar-refractivity contribution in [2.75, 3.05) is 0 Å².